The summed E-state index contributed by atoms with van der Waals surface area (Å²) < 4.78 is 22.2. The third kappa shape index (κ3) is 6.48. The summed E-state index contributed by atoms with van der Waals surface area (Å²) in [5.74, 6) is 0.0400. The first-order chi connectivity index (χ1) is 14.3. The molecule has 1 fully saturated rings. The van der Waals surface area contributed by atoms with Crippen LogP contribution in [0.4, 0.5) is 0 Å². The number of nitrogens with zero attached hydrogens (tertiary/aromatic N) is 1. The van der Waals surface area contributed by atoms with Crippen molar-refractivity contribution < 1.29 is 28.8 Å². The highest BCUT2D eigenvalue weighted by atomic mass is 16.6. The van der Waals surface area contributed by atoms with Crippen molar-refractivity contribution in [1.29, 1.82) is 0 Å². The average molecular weight is 403 g/mol. The molecule has 7 heteroatoms. The Hall–Kier alpha value is -2.03. The zero-order valence-corrected chi connectivity index (χ0v) is 16.7. The maximum Gasteiger partial charge on any atom is 0.153 e. The van der Waals surface area contributed by atoms with E-state index in [1.807, 2.05) is 24.3 Å². The van der Waals surface area contributed by atoms with Gasteiger partial charge in [0.2, 0.25) is 0 Å². The zero-order valence-electron chi connectivity index (χ0n) is 16.7. The molecule has 0 saturated carbocycles. The van der Waals surface area contributed by atoms with Crippen LogP contribution < -0.4 is 0 Å². The van der Waals surface area contributed by atoms with Gasteiger partial charge in [0.15, 0.2) is 6.29 Å². The highest BCUT2D eigenvalue weighted by molar-refractivity contribution is 5.95. The fourth-order valence-corrected chi connectivity index (χ4v) is 3.33. The number of benzene rings is 2. The van der Waals surface area contributed by atoms with Crippen molar-refractivity contribution in [3.8, 4) is 5.75 Å². The summed E-state index contributed by atoms with van der Waals surface area (Å²) in [7, 11) is 0. The lowest BCUT2D eigenvalue weighted by atomic mass is 9.99. The second kappa shape index (κ2) is 11.8. The average Bonchev–Trinajstić information content (AvgIpc) is 2.75. The van der Waals surface area contributed by atoms with E-state index in [4.69, 9.17) is 18.9 Å². The van der Waals surface area contributed by atoms with Gasteiger partial charge in [0.05, 0.1) is 58.4 Å². The first-order valence-electron chi connectivity index (χ1n) is 10.0. The lowest BCUT2D eigenvalue weighted by molar-refractivity contribution is 0.00206. The molecule has 1 aliphatic heterocycles. The summed E-state index contributed by atoms with van der Waals surface area (Å²) in [6.07, 6.45) is 0.698. The minimum absolute atomic E-state index is 0.0400. The van der Waals surface area contributed by atoms with Crippen LogP contribution in [0.25, 0.3) is 10.8 Å². The third-order valence-electron chi connectivity index (χ3n) is 4.88. The standard InChI is InChI=1S/C22H29NO6/c24-17-19-15-18-3-1-2-4-20(18)21(22(19)25)16-23-5-7-26-9-11-28-13-14-29-12-10-27-8-6-23/h1-4,15,17,25H,5-14,16H2. The van der Waals surface area contributed by atoms with Crippen LogP contribution >= 0.6 is 0 Å². The number of ether oxygens (including phenoxy) is 4. The summed E-state index contributed by atoms with van der Waals surface area (Å²) in [5.41, 5.74) is 1.05. The highest BCUT2D eigenvalue weighted by Gasteiger charge is 2.16. The van der Waals surface area contributed by atoms with Crippen LogP contribution in [-0.4, -0.2) is 82.2 Å². The van der Waals surface area contributed by atoms with Crippen molar-refractivity contribution in [1.82, 2.24) is 4.90 Å². The van der Waals surface area contributed by atoms with E-state index in [1.54, 1.807) is 6.07 Å². The van der Waals surface area contributed by atoms with Gasteiger partial charge >= 0.3 is 0 Å². The van der Waals surface area contributed by atoms with E-state index in [-0.39, 0.29) is 5.75 Å². The van der Waals surface area contributed by atoms with E-state index in [9.17, 15) is 9.90 Å². The number of aromatic hydroxyl groups is 1. The Kier molecular flexibility index (Phi) is 8.85. The van der Waals surface area contributed by atoms with Crippen molar-refractivity contribution in [2.24, 2.45) is 0 Å². The molecule has 0 bridgehead atoms. The van der Waals surface area contributed by atoms with Crippen LogP contribution in [0.3, 0.4) is 0 Å². The number of phenols is 1. The molecule has 0 amide bonds. The van der Waals surface area contributed by atoms with Crippen molar-refractivity contribution in [2.75, 3.05) is 65.9 Å². The SMILES string of the molecule is O=Cc1cc2ccccc2c(CN2CCOCCOCCOCCOCC2)c1O. The number of carbonyl (C=O) groups is 1. The Morgan fingerprint density at radius 2 is 1.41 bits per heavy atom. The minimum Gasteiger partial charge on any atom is -0.507 e. The normalized spacial score (nSPS) is 18.8. The van der Waals surface area contributed by atoms with Gasteiger partial charge in [-0.2, -0.15) is 0 Å². The Morgan fingerprint density at radius 1 is 0.862 bits per heavy atom. The Balaban J connectivity index is 1.74. The van der Waals surface area contributed by atoms with Gasteiger partial charge in [-0.05, 0) is 16.8 Å². The number of rotatable bonds is 3. The highest BCUT2D eigenvalue weighted by Crippen LogP contribution is 2.31. The van der Waals surface area contributed by atoms with Gasteiger partial charge in [0.1, 0.15) is 5.75 Å². The van der Waals surface area contributed by atoms with E-state index < -0.39 is 0 Å². The second-order valence-electron chi connectivity index (χ2n) is 6.86. The second-order valence-corrected chi connectivity index (χ2v) is 6.86. The van der Waals surface area contributed by atoms with Crippen LogP contribution in [0.1, 0.15) is 15.9 Å². The Labute approximate surface area is 171 Å². The molecule has 0 radical (unpaired) electrons. The fourth-order valence-electron chi connectivity index (χ4n) is 3.33. The molecule has 1 saturated heterocycles. The predicted molar refractivity (Wildman–Crippen MR) is 110 cm³/mol. The molecule has 0 unspecified atom stereocenters. The van der Waals surface area contributed by atoms with E-state index >= 15 is 0 Å². The van der Waals surface area contributed by atoms with Gasteiger partial charge < -0.3 is 24.1 Å². The molecular formula is C22H29NO6. The maximum atomic E-state index is 11.4. The number of fused-ring (bicyclic) bond motifs is 1. The van der Waals surface area contributed by atoms with Crippen LogP contribution in [0, 0.1) is 0 Å². The first-order valence-corrected chi connectivity index (χ1v) is 10.0. The summed E-state index contributed by atoms with van der Waals surface area (Å²) >= 11 is 0. The molecule has 0 aliphatic carbocycles. The molecule has 7 nitrogen and oxygen atoms in total. The van der Waals surface area contributed by atoms with Crippen LogP contribution in [-0.2, 0) is 25.5 Å². The third-order valence-corrected chi connectivity index (χ3v) is 4.88. The molecule has 1 heterocycles. The molecule has 3 rings (SSSR count). The first kappa shape index (κ1) is 21.7. The minimum atomic E-state index is 0.0400. The molecule has 2 aromatic rings. The lowest BCUT2D eigenvalue weighted by Gasteiger charge is -2.24. The summed E-state index contributed by atoms with van der Waals surface area (Å²) in [6, 6.07) is 9.49. The van der Waals surface area contributed by atoms with Crippen LogP contribution in [0.2, 0.25) is 0 Å². The number of phenolic OH excluding ortho intramolecular Hbond substituents is 1. The monoisotopic (exact) mass is 403 g/mol. The summed E-state index contributed by atoms with van der Waals surface area (Å²) in [6.45, 7) is 6.17. The summed E-state index contributed by atoms with van der Waals surface area (Å²) in [4.78, 5) is 13.6. The largest absolute Gasteiger partial charge is 0.507 e. The van der Waals surface area contributed by atoms with E-state index in [0.717, 1.165) is 16.3 Å². The van der Waals surface area contributed by atoms with Gasteiger partial charge in [-0.3, -0.25) is 9.69 Å². The van der Waals surface area contributed by atoms with Crippen LogP contribution in [0.15, 0.2) is 30.3 Å². The molecule has 1 N–H and O–H groups in total. The Bertz CT molecular complexity index is 765. The number of carbonyl (C=O) groups excluding carboxylic acids is 1. The van der Waals surface area contributed by atoms with E-state index in [0.29, 0.717) is 84.3 Å². The molecule has 0 atom stereocenters. The summed E-state index contributed by atoms with van der Waals surface area (Å²) in [5, 5.41) is 12.5. The van der Waals surface area contributed by atoms with Crippen molar-refractivity contribution in [3.05, 3.63) is 41.5 Å². The topological polar surface area (TPSA) is 77.5 Å². The zero-order chi connectivity index (χ0) is 20.3. The number of aldehydes is 1. The molecule has 158 valence electrons. The van der Waals surface area contributed by atoms with Crippen molar-refractivity contribution in [2.45, 2.75) is 6.54 Å². The number of hydrogen-bond donors (Lipinski definition) is 1. The molecular weight excluding hydrogens is 374 g/mol. The molecule has 1 aliphatic rings. The predicted octanol–water partition coefficient (Wildman–Crippen LogP) is 2.24. The van der Waals surface area contributed by atoms with Gasteiger partial charge in [0, 0.05) is 25.2 Å². The maximum absolute atomic E-state index is 11.4. The smallest absolute Gasteiger partial charge is 0.153 e. The van der Waals surface area contributed by atoms with E-state index in [1.165, 1.54) is 0 Å². The molecule has 2 aromatic carbocycles. The quantitative estimate of drug-likeness (QED) is 0.788. The van der Waals surface area contributed by atoms with Crippen molar-refractivity contribution >= 4 is 17.1 Å². The fraction of sp³-hybridized carbons (Fsp3) is 0.500. The lowest BCUT2D eigenvalue weighted by Crippen LogP contribution is -2.31. The van der Waals surface area contributed by atoms with E-state index in [2.05, 4.69) is 4.90 Å². The number of hydrogen-bond acceptors (Lipinski definition) is 7. The van der Waals surface area contributed by atoms with Gasteiger partial charge in [0.25, 0.3) is 0 Å². The molecule has 29 heavy (non-hydrogen) atoms. The van der Waals surface area contributed by atoms with Gasteiger partial charge in [-0.1, -0.05) is 24.3 Å². The van der Waals surface area contributed by atoms with Crippen molar-refractivity contribution in [3.63, 3.8) is 0 Å². The Morgan fingerprint density at radius 3 is 2.00 bits per heavy atom. The molecule has 0 spiro atoms. The van der Waals surface area contributed by atoms with Gasteiger partial charge in [-0.15, -0.1) is 0 Å². The molecule has 0 aromatic heterocycles. The van der Waals surface area contributed by atoms with Crippen LogP contribution in [0.5, 0.6) is 5.75 Å². The van der Waals surface area contributed by atoms with Gasteiger partial charge in [-0.25, -0.2) is 0 Å².